The standard InChI is InChI=1S/C13H13N3O4S/c1-2-20-12(17)10-7-14-13(21)15-11(10)8-3-5-9(6-4-8)16(18)19/h3-7,11H,2H2,1H3,(H2,14,15,21). The van der Waals surface area contributed by atoms with Crippen LogP contribution in [0, 0.1) is 10.1 Å². The molecule has 1 unspecified atom stereocenters. The van der Waals surface area contributed by atoms with Gasteiger partial charge in [-0.2, -0.15) is 0 Å². The zero-order chi connectivity index (χ0) is 15.4. The summed E-state index contributed by atoms with van der Waals surface area (Å²) in [5, 5.41) is 16.7. The monoisotopic (exact) mass is 307 g/mol. The predicted octanol–water partition coefficient (Wildman–Crippen LogP) is 1.56. The molecule has 1 aliphatic rings. The highest BCUT2D eigenvalue weighted by Gasteiger charge is 2.28. The third-order valence-corrected chi connectivity index (χ3v) is 3.13. The van der Waals surface area contributed by atoms with Gasteiger partial charge in [-0.25, -0.2) is 4.79 Å². The first-order valence-electron chi connectivity index (χ1n) is 6.21. The number of esters is 1. The van der Waals surface area contributed by atoms with E-state index in [1.807, 2.05) is 0 Å². The lowest BCUT2D eigenvalue weighted by atomic mass is 9.98. The van der Waals surface area contributed by atoms with Crippen LogP contribution in [-0.4, -0.2) is 22.6 Å². The summed E-state index contributed by atoms with van der Waals surface area (Å²) in [6.45, 7) is 1.97. The molecular weight excluding hydrogens is 294 g/mol. The van der Waals surface area contributed by atoms with Crippen LogP contribution in [0.25, 0.3) is 0 Å². The molecule has 1 aliphatic heterocycles. The Morgan fingerprint density at radius 3 is 2.67 bits per heavy atom. The molecular formula is C13H13N3O4S. The van der Waals surface area contributed by atoms with E-state index in [0.717, 1.165) is 0 Å². The summed E-state index contributed by atoms with van der Waals surface area (Å²) in [5.74, 6) is -0.469. The fourth-order valence-corrected chi connectivity index (χ4v) is 2.10. The lowest BCUT2D eigenvalue weighted by molar-refractivity contribution is -0.384. The maximum atomic E-state index is 11.9. The number of nitrogens with zero attached hydrogens (tertiary/aromatic N) is 1. The van der Waals surface area contributed by atoms with Crippen LogP contribution in [0.2, 0.25) is 0 Å². The number of carbonyl (C=O) groups excluding carboxylic acids is 1. The second-order valence-electron chi connectivity index (χ2n) is 4.22. The minimum Gasteiger partial charge on any atom is -0.463 e. The highest BCUT2D eigenvalue weighted by molar-refractivity contribution is 7.80. The lowest BCUT2D eigenvalue weighted by Gasteiger charge is -2.26. The van der Waals surface area contributed by atoms with E-state index in [1.54, 1.807) is 19.1 Å². The number of rotatable bonds is 4. The first-order valence-corrected chi connectivity index (χ1v) is 6.62. The molecule has 0 bridgehead atoms. The summed E-state index contributed by atoms with van der Waals surface area (Å²) in [6.07, 6.45) is 1.49. The maximum absolute atomic E-state index is 11.9. The molecule has 0 radical (unpaired) electrons. The van der Waals surface area contributed by atoms with Gasteiger partial charge in [0.2, 0.25) is 0 Å². The summed E-state index contributed by atoms with van der Waals surface area (Å²) in [4.78, 5) is 22.1. The number of hydrogen-bond donors (Lipinski definition) is 2. The molecule has 0 saturated carbocycles. The molecule has 1 heterocycles. The van der Waals surface area contributed by atoms with Crippen LogP contribution < -0.4 is 10.6 Å². The maximum Gasteiger partial charge on any atom is 0.337 e. The van der Waals surface area contributed by atoms with Gasteiger partial charge >= 0.3 is 5.97 Å². The molecule has 1 atom stereocenters. The molecule has 0 spiro atoms. The van der Waals surface area contributed by atoms with Gasteiger partial charge in [0, 0.05) is 18.3 Å². The Morgan fingerprint density at radius 1 is 1.43 bits per heavy atom. The van der Waals surface area contributed by atoms with E-state index in [4.69, 9.17) is 17.0 Å². The number of non-ortho nitro benzene ring substituents is 1. The van der Waals surface area contributed by atoms with E-state index in [9.17, 15) is 14.9 Å². The van der Waals surface area contributed by atoms with Crippen LogP contribution in [0.1, 0.15) is 18.5 Å². The van der Waals surface area contributed by atoms with Gasteiger partial charge < -0.3 is 15.4 Å². The normalized spacial score (nSPS) is 17.3. The fraction of sp³-hybridized carbons (Fsp3) is 0.231. The Balaban J connectivity index is 2.31. The molecule has 21 heavy (non-hydrogen) atoms. The van der Waals surface area contributed by atoms with Crippen LogP contribution in [0.5, 0.6) is 0 Å². The second kappa shape index (κ2) is 6.31. The van der Waals surface area contributed by atoms with Gasteiger partial charge in [0.25, 0.3) is 5.69 Å². The van der Waals surface area contributed by atoms with Gasteiger partial charge in [0.05, 0.1) is 23.1 Å². The third-order valence-electron chi connectivity index (χ3n) is 2.89. The van der Waals surface area contributed by atoms with Crippen molar-refractivity contribution in [2.24, 2.45) is 0 Å². The van der Waals surface area contributed by atoms with Crippen molar-refractivity contribution < 1.29 is 14.5 Å². The van der Waals surface area contributed by atoms with E-state index in [1.165, 1.54) is 18.3 Å². The molecule has 0 fully saturated rings. The highest BCUT2D eigenvalue weighted by atomic mass is 32.1. The molecule has 8 heteroatoms. The second-order valence-corrected chi connectivity index (χ2v) is 4.63. The number of nitro benzene ring substituents is 1. The molecule has 110 valence electrons. The molecule has 7 nitrogen and oxygen atoms in total. The van der Waals surface area contributed by atoms with Crippen molar-refractivity contribution in [3.05, 3.63) is 51.7 Å². The minimum absolute atomic E-state index is 0.0167. The number of ether oxygens (including phenoxy) is 1. The zero-order valence-electron chi connectivity index (χ0n) is 11.2. The molecule has 0 saturated heterocycles. The summed E-state index contributed by atoms with van der Waals surface area (Å²) in [6, 6.07) is 5.42. The fourth-order valence-electron chi connectivity index (χ4n) is 1.92. The van der Waals surface area contributed by atoms with E-state index >= 15 is 0 Å². The summed E-state index contributed by atoms with van der Waals surface area (Å²) < 4.78 is 4.99. The number of benzene rings is 1. The van der Waals surface area contributed by atoms with E-state index in [2.05, 4.69) is 10.6 Å². The molecule has 0 amide bonds. The number of nitro groups is 1. The zero-order valence-corrected chi connectivity index (χ0v) is 12.0. The van der Waals surface area contributed by atoms with E-state index in [-0.39, 0.29) is 12.3 Å². The van der Waals surface area contributed by atoms with E-state index < -0.39 is 16.9 Å². The number of nitrogens with one attached hydrogen (secondary N) is 2. The molecule has 1 aromatic rings. The van der Waals surface area contributed by atoms with Gasteiger partial charge in [-0.15, -0.1) is 0 Å². The van der Waals surface area contributed by atoms with Crippen LogP contribution in [0.15, 0.2) is 36.0 Å². The van der Waals surface area contributed by atoms with Crippen molar-refractivity contribution in [3.8, 4) is 0 Å². The van der Waals surface area contributed by atoms with E-state index in [0.29, 0.717) is 16.2 Å². The lowest BCUT2D eigenvalue weighted by Crippen LogP contribution is -2.42. The smallest absolute Gasteiger partial charge is 0.337 e. The van der Waals surface area contributed by atoms with Crippen molar-refractivity contribution in [2.45, 2.75) is 13.0 Å². The predicted molar refractivity (Wildman–Crippen MR) is 79.4 cm³/mol. The average Bonchev–Trinajstić information content (AvgIpc) is 2.47. The van der Waals surface area contributed by atoms with Gasteiger partial charge in [0.15, 0.2) is 5.11 Å². The third kappa shape index (κ3) is 3.34. The van der Waals surface area contributed by atoms with Gasteiger partial charge in [-0.3, -0.25) is 10.1 Å². The highest BCUT2D eigenvalue weighted by Crippen LogP contribution is 2.26. The Kier molecular flexibility index (Phi) is 4.49. The Bertz CT molecular complexity index is 612. The van der Waals surface area contributed by atoms with Gasteiger partial charge in [-0.1, -0.05) is 0 Å². The summed E-state index contributed by atoms with van der Waals surface area (Å²) >= 11 is 5.03. The van der Waals surface area contributed by atoms with Crippen LogP contribution >= 0.6 is 12.2 Å². The molecule has 0 aromatic heterocycles. The van der Waals surface area contributed by atoms with Crippen molar-refractivity contribution in [1.29, 1.82) is 0 Å². The van der Waals surface area contributed by atoms with Crippen molar-refractivity contribution in [2.75, 3.05) is 6.61 Å². The molecule has 1 aromatic carbocycles. The largest absolute Gasteiger partial charge is 0.463 e. The summed E-state index contributed by atoms with van der Waals surface area (Å²) in [5.41, 5.74) is 1.03. The molecule has 0 aliphatic carbocycles. The first-order chi connectivity index (χ1) is 10.0. The van der Waals surface area contributed by atoms with Crippen LogP contribution in [0.4, 0.5) is 5.69 Å². The molecule has 2 N–H and O–H groups in total. The first kappa shape index (κ1) is 14.9. The van der Waals surface area contributed by atoms with Crippen molar-refractivity contribution in [1.82, 2.24) is 10.6 Å². The number of thiocarbonyl (C=S) groups is 1. The van der Waals surface area contributed by atoms with Crippen LogP contribution in [-0.2, 0) is 9.53 Å². The Labute approximate surface area is 126 Å². The van der Waals surface area contributed by atoms with Gasteiger partial charge in [0.1, 0.15) is 0 Å². The molecule has 2 rings (SSSR count). The van der Waals surface area contributed by atoms with Crippen molar-refractivity contribution >= 4 is 29.0 Å². The van der Waals surface area contributed by atoms with Crippen molar-refractivity contribution in [3.63, 3.8) is 0 Å². The van der Waals surface area contributed by atoms with Gasteiger partial charge in [-0.05, 0) is 36.8 Å². The van der Waals surface area contributed by atoms with Crippen LogP contribution in [0.3, 0.4) is 0 Å². The summed E-state index contributed by atoms with van der Waals surface area (Å²) in [7, 11) is 0. The SMILES string of the molecule is CCOC(=O)C1=CNC(=S)NC1c1ccc([N+](=O)[O-])cc1. The number of carbonyl (C=O) groups is 1. The number of hydrogen-bond acceptors (Lipinski definition) is 5. The average molecular weight is 307 g/mol. The quantitative estimate of drug-likeness (QED) is 0.377. The Hall–Kier alpha value is -2.48. The topological polar surface area (TPSA) is 93.5 Å². The Morgan fingerprint density at radius 2 is 2.10 bits per heavy atom. The minimum atomic E-state index is -0.501.